The van der Waals surface area contributed by atoms with Gasteiger partial charge in [0.05, 0.1) is 11.0 Å². The summed E-state index contributed by atoms with van der Waals surface area (Å²) in [4.78, 5) is 0. The molecule has 0 saturated heterocycles. The van der Waals surface area contributed by atoms with E-state index in [0.29, 0.717) is 0 Å². The summed E-state index contributed by atoms with van der Waals surface area (Å²) in [6, 6.07) is 203. The van der Waals surface area contributed by atoms with Gasteiger partial charge in [0, 0.05) is 21.8 Å². The second-order valence-electron chi connectivity index (χ2n) is 40.2. The normalized spacial score (nSPS) is 11.9. The first-order valence-corrected chi connectivity index (χ1v) is 51.8. The van der Waals surface area contributed by atoms with Gasteiger partial charge in [-0.1, -0.05) is 455 Å². The smallest absolute Gasteiger partial charge is 0.0619 e. The predicted octanol–water partition coefficient (Wildman–Crippen LogP) is 41.3. The van der Waals surface area contributed by atoms with Crippen LogP contribution >= 0.6 is 0 Å². The summed E-state index contributed by atoms with van der Waals surface area (Å²) in [5.74, 6) is 0. The highest BCUT2D eigenvalue weighted by Gasteiger charge is 2.29. The van der Waals surface area contributed by atoms with Gasteiger partial charge in [0.15, 0.2) is 0 Å². The van der Waals surface area contributed by atoms with Crippen LogP contribution in [0.5, 0.6) is 0 Å². The molecule has 1 nitrogen and oxygen atoms in total. The van der Waals surface area contributed by atoms with Gasteiger partial charge in [-0.3, -0.25) is 0 Å². The molecule has 0 unspecified atom stereocenters. The summed E-state index contributed by atoms with van der Waals surface area (Å²) < 4.78 is 2.45. The van der Waals surface area contributed by atoms with Crippen molar-refractivity contribution < 1.29 is 0 Å². The molecule has 4 aliphatic carbocycles. The van der Waals surface area contributed by atoms with Gasteiger partial charge in [-0.25, -0.2) is 0 Å². The van der Waals surface area contributed by atoms with Gasteiger partial charge >= 0.3 is 0 Å². The van der Waals surface area contributed by atoms with Crippen LogP contribution in [0.4, 0.5) is 0 Å². The molecular formula is C148H91N. The number of hydrogen-bond acceptors (Lipinski definition) is 0. The fourth-order valence-electron chi connectivity index (χ4n) is 25.3. The molecular weight excluding hydrogens is 1790 g/mol. The van der Waals surface area contributed by atoms with E-state index in [1.54, 1.807) is 0 Å². The third-order valence-electron chi connectivity index (χ3n) is 32.0. The highest BCUT2D eigenvalue weighted by molar-refractivity contribution is 6.24. The molecule has 0 fully saturated rings. The zero-order valence-corrected chi connectivity index (χ0v) is 81.5. The summed E-state index contributed by atoms with van der Waals surface area (Å²) in [6.07, 6.45) is 0. The maximum absolute atomic E-state index is 2.45. The number of hydrogen-bond donors (Lipinski definition) is 0. The Labute approximate surface area is 863 Å². The lowest BCUT2D eigenvalue weighted by Crippen LogP contribution is -1.95. The lowest BCUT2D eigenvalue weighted by molar-refractivity contribution is 1.19. The summed E-state index contributed by atoms with van der Waals surface area (Å²) in [7, 11) is 0. The average molecular weight is 1880 g/mol. The van der Waals surface area contributed by atoms with Crippen LogP contribution in [0.2, 0.25) is 0 Å². The van der Waals surface area contributed by atoms with Crippen molar-refractivity contribution in [3.05, 3.63) is 552 Å². The average Bonchev–Trinajstić information content (AvgIpc) is 1.64. The topological polar surface area (TPSA) is 4.93 Å². The Morgan fingerprint density at radius 2 is 0.369 bits per heavy atom. The standard InChI is InChI=1S/C38H23N.C38H24.2C36H22/c1-2-13-29-24(9-1)19-20-34-32-16-5-6-18-36(32)39(38(29)34)28-12-7-10-25(22-28)27-21-26-11-8-17-33-30-14-3-4-15-31(30)35(23-27)37(26)33;1-2-15-30-25(10-1)11-8-20-33(30)32-17-4-3-16-31(32)27-13-7-12-26(22-27)29-23-28-14-9-21-36-34-18-5-6-19-35(34)37(24-29)38(28)36;1-2-13-28-25(9-1)21-34(31-16-5-3-14-29(28)31)24-11-7-10-23(19-24)27-20-26-12-8-18-33-30-15-4-6-17-32(30)35(22-27)36(26)33;1-2-11-30-23(7-1)15-16-27-20-26(17-18-31(27)30)24-8-5-9-25(19-24)29-21-28-10-6-14-34-32-12-3-4-13-33(32)35(22-29)36(28)34/h1-23H;1-24H;2*1-22H. The van der Waals surface area contributed by atoms with E-state index in [1.807, 2.05) is 0 Å². The number of aromatic nitrogens is 1. The lowest BCUT2D eigenvalue weighted by Gasteiger charge is -2.14. The van der Waals surface area contributed by atoms with Gasteiger partial charge in [-0.05, 0) is 377 Å². The first-order valence-electron chi connectivity index (χ1n) is 51.8. The molecule has 29 aromatic rings. The minimum Gasteiger partial charge on any atom is -0.309 e. The van der Waals surface area contributed by atoms with E-state index in [0.717, 1.165) is 0 Å². The molecule has 0 atom stereocenters. The molecule has 688 valence electrons. The number of fused-ring (bicyclic) bond motifs is 24. The van der Waals surface area contributed by atoms with Crippen molar-refractivity contribution in [2.24, 2.45) is 0 Å². The molecule has 0 saturated carbocycles. The Morgan fingerprint density at radius 1 is 0.101 bits per heavy atom. The predicted molar refractivity (Wildman–Crippen MR) is 636 cm³/mol. The molecule has 28 aromatic carbocycles. The Hall–Kier alpha value is -19.4. The molecule has 4 aliphatic rings. The zero-order chi connectivity index (χ0) is 97.8. The second-order valence-corrected chi connectivity index (χ2v) is 40.2. The van der Waals surface area contributed by atoms with Crippen molar-refractivity contribution >= 4 is 130 Å². The third-order valence-corrected chi connectivity index (χ3v) is 32.0. The summed E-state index contributed by atoms with van der Waals surface area (Å²) in [5.41, 5.74) is 45.1. The third kappa shape index (κ3) is 14.1. The van der Waals surface area contributed by atoms with E-state index in [2.05, 4.69) is 557 Å². The van der Waals surface area contributed by atoms with Crippen LogP contribution in [0.1, 0.15) is 0 Å². The van der Waals surface area contributed by atoms with Gasteiger partial charge in [-0.15, -0.1) is 0 Å². The minimum atomic E-state index is 1.18. The Bertz CT molecular complexity index is 10700. The van der Waals surface area contributed by atoms with Crippen molar-refractivity contribution in [1.29, 1.82) is 0 Å². The first kappa shape index (κ1) is 85.2. The largest absolute Gasteiger partial charge is 0.309 e. The van der Waals surface area contributed by atoms with E-state index in [4.69, 9.17) is 0 Å². The molecule has 149 heavy (non-hydrogen) atoms. The molecule has 1 heteroatoms. The van der Waals surface area contributed by atoms with E-state index in [9.17, 15) is 0 Å². The number of nitrogens with zero attached hydrogens (tertiary/aromatic N) is 1. The SMILES string of the molecule is c1cc(-c2cc3c4c(cccc4c2)-c2ccccc2-3)cc(-c2cc3ccccc3c3ccccc23)c1.c1cc(-c2cc3c4c(cccc4c2)-c2ccccc2-3)cc(-c2ccc3c(ccc4ccccc43)c2)c1.c1cc(-c2cc3c4c(cccc4c2)-c2ccccc2-3)cc(-c2ccccc2-c2cccc3ccccc23)c1.c1cc(-c2cc3c4c(cccc4c2)-c2ccccc2-3)cc(-n2c3ccccc3c3ccc4ccccc4c32)c1. The Kier molecular flexibility index (Phi) is 19.8. The van der Waals surface area contributed by atoms with Crippen LogP contribution in [0.3, 0.4) is 0 Å². The zero-order valence-electron chi connectivity index (χ0n) is 81.5. The van der Waals surface area contributed by atoms with Crippen LogP contribution in [-0.4, -0.2) is 4.57 Å². The highest BCUT2D eigenvalue weighted by atomic mass is 15.0. The summed E-state index contributed by atoms with van der Waals surface area (Å²) in [6.45, 7) is 0. The minimum absolute atomic E-state index is 1.18. The van der Waals surface area contributed by atoms with Gasteiger partial charge in [0.25, 0.3) is 0 Å². The van der Waals surface area contributed by atoms with Gasteiger partial charge in [-0.2, -0.15) is 0 Å². The second kappa shape index (κ2) is 34.7. The Balaban J connectivity index is 0.0000000915. The van der Waals surface area contributed by atoms with Crippen molar-refractivity contribution in [2.45, 2.75) is 0 Å². The molecule has 0 N–H and O–H groups in total. The summed E-state index contributed by atoms with van der Waals surface area (Å²) in [5, 5.41) is 28.7. The lowest BCUT2D eigenvalue weighted by atomic mass is 9.90. The Morgan fingerprint density at radius 3 is 0.859 bits per heavy atom. The van der Waals surface area contributed by atoms with Crippen molar-refractivity contribution in [2.75, 3.05) is 0 Å². The van der Waals surface area contributed by atoms with Gasteiger partial charge in [0.1, 0.15) is 0 Å². The fraction of sp³-hybridized carbons (Fsp3) is 0. The van der Waals surface area contributed by atoms with Crippen molar-refractivity contribution in [3.63, 3.8) is 0 Å². The number of rotatable bonds is 9. The number of benzene rings is 28. The quantitative estimate of drug-likeness (QED) is 0.127. The molecule has 0 spiro atoms. The molecule has 0 radical (unpaired) electrons. The van der Waals surface area contributed by atoms with Gasteiger partial charge < -0.3 is 4.57 Å². The van der Waals surface area contributed by atoms with E-state index >= 15 is 0 Å². The van der Waals surface area contributed by atoms with Crippen LogP contribution in [0.25, 0.3) is 313 Å². The molecule has 1 heterocycles. The summed E-state index contributed by atoms with van der Waals surface area (Å²) >= 11 is 0. The number of para-hydroxylation sites is 1. The monoisotopic (exact) mass is 1880 g/mol. The molecule has 1 aromatic heterocycles. The van der Waals surface area contributed by atoms with E-state index in [1.165, 1.54) is 313 Å². The first-order chi connectivity index (χ1) is 73.9. The molecule has 0 amide bonds. The van der Waals surface area contributed by atoms with Gasteiger partial charge in [0.2, 0.25) is 0 Å². The molecule has 0 bridgehead atoms. The van der Waals surface area contributed by atoms with Crippen LogP contribution in [-0.2, 0) is 0 Å². The molecule has 0 aliphatic heterocycles. The van der Waals surface area contributed by atoms with E-state index in [-0.39, 0.29) is 0 Å². The van der Waals surface area contributed by atoms with Crippen molar-refractivity contribution in [1.82, 2.24) is 4.57 Å². The van der Waals surface area contributed by atoms with Crippen LogP contribution in [0, 0.1) is 0 Å². The van der Waals surface area contributed by atoms with Crippen LogP contribution < -0.4 is 0 Å². The van der Waals surface area contributed by atoms with Crippen molar-refractivity contribution in [3.8, 4) is 184 Å². The highest BCUT2D eigenvalue weighted by Crippen LogP contribution is 2.56. The maximum atomic E-state index is 2.45. The van der Waals surface area contributed by atoms with E-state index < -0.39 is 0 Å². The molecule has 33 rings (SSSR count). The fourth-order valence-corrected chi connectivity index (χ4v) is 25.3. The maximum Gasteiger partial charge on any atom is 0.0619 e. The van der Waals surface area contributed by atoms with Crippen LogP contribution in [0.15, 0.2) is 552 Å².